The highest BCUT2D eigenvalue weighted by molar-refractivity contribution is 9.10. The minimum absolute atomic E-state index is 0.259. The Balaban J connectivity index is 2.41. The molecule has 0 radical (unpaired) electrons. The monoisotopic (exact) mass is 297 g/mol. The van der Waals surface area contributed by atoms with Gasteiger partial charge in [0.15, 0.2) is 11.9 Å². The van der Waals surface area contributed by atoms with E-state index in [2.05, 4.69) is 31.2 Å². The molecular formula is C11H16BrN5. The lowest BCUT2D eigenvalue weighted by Crippen LogP contribution is -2.41. The van der Waals surface area contributed by atoms with E-state index in [1.807, 2.05) is 24.3 Å². The third kappa shape index (κ3) is 5.35. The molecule has 0 aliphatic carbocycles. The van der Waals surface area contributed by atoms with Crippen LogP contribution in [0.1, 0.15) is 5.56 Å². The molecule has 6 heteroatoms. The molecule has 0 fully saturated rings. The quantitative estimate of drug-likeness (QED) is 0.570. The SMILES string of the molecule is CN=C(N)NC(N)=NCCc1ccc(Br)cc1. The predicted octanol–water partition coefficient (Wildman–Crippen LogP) is 0.840. The molecule has 92 valence electrons. The van der Waals surface area contributed by atoms with Crippen LogP contribution in [-0.4, -0.2) is 25.5 Å². The summed E-state index contributed by atoms with van der Waals surface area (Å²) in [5.41, 5.74) is 12.3. The number of hydrogen-bond donors (Lipinski definition) is 3. The highest BCUT2D eigenvalue weighted by Gasteiger charge is 1.95. The molecular weight excluding hydrogens is 282 g/mol. The van der Waals surface area contributed by atoms with E-state index in [9.17, 15) is 0 Å². The van der Waals surface area contributed by atoms with Gasteiger partial charge in [0.05, 0.1) is 0 Å². The van der Waals surface area contributed by atoms with E-state index in [1.54, 1.807) is 7.05 Å². The summed E-state index contributed by atoms with van der Waals surface area (Å²) in [5.74, 6) is 0.542. The average Bonchev–Trinajstić information content (AvgIpc) is 2.31. The summed E-state index contributed by atoms with van der Waals surface area (Å²) in [4.78, 5) is 7.86. The first-order valence-electron chi connectivity index (χ1n) is 5.15. The Morgan fingerprint density at radius 1 is 1.24 bits per heavy atom. The van der Waals surface area contributed by atoms with Crippen LogP contribution in [0.3, 0.4) is 0 Å². The Bertz CT molecular complexity index is 410. The molecule has 17 heavy (non-hydrogen) atoms. The Labute approximate surface area is 109 Å². The topological polar surface area (TPSA) is 88.8 Å². The zero-order valence-corrected chi connectivity index (χ0v) is 11.2. The first kappa shape index (κ1) is 13.5. The molecule has 1 aromatic rings. The largest absolute Gasteiger partial charge is 0.370 e. The Morgan fingerprint density at radius 3 is 2.47 bits per heavy atom. The number of guanidine groups is 2. The van der Waals surface area contributed by atoms with Crippen LogP contribution in [-0.2, 0) is 6.42 Å². The molecule has 0 aliphatic rings. The smallest absolute Gasteiger partial charge is 0.195 e. The van der Waals surface area contributed by atoms with Crippen LogP contribution in [0, 0.1) is 0 Å². The molecule has 1 rings (SSSR count). The Morgan fingerprint density at radius 2 is 1.88 bits per heavy atom. The van der Waals surface area contributed by atoms with Gasteiger partial charge in [-0.3, -0.25) is 15.3 Å². The van der Waals surface area contributed by atoms with Crippen LogP contribution < -0.4 is 16.8 Å². The van der Waals surface area contributed by atoms with E-state index in [0.29, 0.717) is 6.54 Å². The van der Waals surface area contributed by atoms with Gasteiger partial charge in [-0.15, -0.1) is 0 Å². The number of nitrogens with zero attached hydrogens (tertiary/aromatic N) is 2. The standard InChI is InChI=1S/C11H16BrN5/c1-15-10(13)17-11(14)16-7-6-8-2-4-9(12)5-3-8/h2-5H,6-7H2,1H3,(H5,13,14,15,16,17). The van der Waals surface area contributed by atoms with Gasteiger partial charge >= 0.3 is 0 Å². The summed E-state index contributed by atoms with van der Waals surface area (Å²) in [6.07, 6.45) is 0.832. The van der Waals surface area contributed by atoms with Crippen LogP contribution in [0.25, 0.3) is 0 Å². The minimum Gasteiger partial charge on any atom is -0.370 e. The summed E-state index contributed by atoms with van der Waals surface area (Å²) >= 11 is 3.39. The van der Waals surface area contributed by atoms with Crippen molar-refractivity contribution in [3.63, 3.8) is 0 Å². The molecule has 0 heterocycles. The van der Waals surface area contributed by atoms with Gasteiger partial charge in [-0.2, -0.15) is 0 Å². The number of halogens is 1. The van der Waals surface area contributed by atoms with Crippen molar-refractivity contribution in [2.24, 2.45) is 21.5 Å². The number of rotatable bonds is 3. The lowest BCUT2D eigenvalue weighted by atomic mass is 10.2. The van der Waals surface area contributed by atoms with Gasteiger partial charge in [-0.1, -0.05) is 28.1 Å². The van der Waals surface area contributed by atoms with Gasteiger partial charge in [-0.25, -0.2) is 0 Å². The zero-order chi connectivity index (χ0) is 12.7. The van der Waals surface area contributed by atoms with E-state index in [-0.39, 0.29) is 11.9 Å². The van der Waals surface area contributed by atoms with Gasteiger partial charge in [0.25, 0.3) is 0 Å². The fraction of sp³-hybridized carbons (Fsp3) is 0.273. The lowest BCUT2D eigenvalue weighted by Gasteiger charge is -2.03. The van der Waals surface area contributed by atoms with E-state index >= 15 is 0 Å². The predicted molar refractivity (Wildman–Crippen MR) is 75.0 cm³/mol. The van der Waals surface area contributed by atoms with Crippen molar-refractivity contribution in [2.45, 2.75) is 6.42 Å². The molecule has 1 aromatic carbocycles. The number of aliphatic imine (C=N–C) groups is 2. The van der Waals surface area contributed by atoms with Crippen LogP contribution in [0.15, 0.2) is 38.7 Å². The van der Waals surface area contributed by atoms with Gasteiger partial charge in [-0.05, 0) is 24.1 Å². The summed E-state index contributed by atoms with van der Waals surface area (Å²) in [6.45, 7) is 0.609. The molecule has 0 unspecified atom stereocenters. The molecule has 0 amide bonds. The molecule has 0 atom stereocenters. The number of hydrogen-bond acceptors (Lipinski definition) is 2. The summed E-state index contributed by atoms with van der Waals surface area (Å²) in [6, 6.07) is 8.10. The number of nitrogens with two attached hydrogens (primary N) is 2. The third-order valence-electron chi connectivity index (χ3n) is 2.09. The van der Waals surface area contributed by atoms with E-state index < -0.39 is 0 Å². The number of benzene rings is 1. The highest BCUT2D eigenvalue weighted by atomic mass is 79.9. The molecule has 5 nitrogen and oxygen atoms in total. The summed E-state index contributed by atoms with van der Waals surface area (Å²) in [7, 11) is 1.58. The first-order chi connectivity index (χ1) is 8.11. The molecule has 5 N–H and O–H groups in total. The van der Waals surface area contributed by atoms with Crippen molar-refractivity contribution >= 4 is 27.8 Å². The fourth-order valence-corrected chi connectivity index (χ4v) is 1.45. The average molecular weight is 298 g/mol. The van der Waals surface area contributed by atoms with Crippen LogP contribution in [0.5, 0.6) is 0 Å². The van der Waals surface area contributed by atoms with Crippen LogP contribution in [0.2, 0.25) is 0 Å². The molecule has 0 saturated carbocycles. The van der Waals surface area contributed by atoms with E-state index in [4.69, 9.17) is 11.5 Å². The molecule has 0 spiro atoms. The Hall–Kier alpha value is -1.56. The highest BCUT2D eigenvalue weighted by Crippen LogP contribution is 2.10. The van der Waals surface area contributed by atoms with E-state index in [1.165, 1.54) is 5.56 Å². The maximum absolute atomic E-state index is 5.61. The second-order valence-electron chi connectivity index (χ2n) is 3.38. The molecule has 0 saturated heterocycles. The maximum Gasteiger partial charge on any atom is 0.195 e. The minimum atomic E-state index is 0.259. The Kier molecular flexibility index (Phi) is 5.48. The summed E-state index contributed by atoms with van der Waals surface area (Å²) in [5, 5.41) is 2.67. The second kappa shape index (κ2) is 6.90. The first-order valence-corrected chi connectivity index (χ1v) is 5.94. The molecule has 0 aliphatic heterocycles. The molecule has 0 bridgehead atoms. The zero-order valence-electron chi connectivity index (χ0n) is 9.65. The lowest BCUT2D eigenvalue weighted by molar-refractivity contribution is 0.954. The van der Waals surface area contributed by atoms with Crippen molar-refractivity contribution in [2.75, 3.05) is 13.6 Å². The van der Waals surface area contributed by atoms with Gasteiger partial charge in [0.1, 0.15) is 0 Å². The van der Waals surface area contributed by atoms with Crippen LogP contribution in [0.4, 0.5) is 0 Å². The second-order valence-corrected chi connectivity index (χ2v) is 4.29. The van der Waals surface area contributed by atoms with Gasteiger partial charge < -0.3 is 11.5 Å². The van der Waals surface area contributed by atoms with Gasteiger partial charge in [0.2, 0.25) is 0 Å². The van der Waals surface area contributed by atoms with Crippen molar-refractivity contribution in [3.05, 3.63) is 34.3 Å². The van der Waals surface area contributed by atoms with Crippen molar-refractivity contribution in [1.29, 1.82) is 0 Å². The van der Waals surface area contributed by atoms with Crippen molar-refractivity contribution in [3.8, 4) is 0 Å². The normalized spacial score (nSPS) is 12.6. The fourth-order valence-electron chi connectivity index (χ4n) is 1.18. The van der Waals surface area contributed by atoms with Crippen molar-refractivity contribution in [1.82, 2.24) is 5.32 Å². The van der Waals surface area contributed by atoms with Crippen LogP contribution >= 0.6 is 15.9 Å². The summed E-state index contributed by atoms with van der Waals surface area (Å²) < 4.78 is 1.07. The van der Waals surface area contributed by atoms with E-state index in [0.717, 1.165) is 10.9 Å². The van der Waals surface area contributed by atoms with Crippen molar-refractivity contribution < 1.29 is 0 Å². The maximum atomic E-state index is 5.61. The van der Waals surface area contributed by atoms with Gasteiger partial charge in [0, 0.05) is 18.1 Å². The number of nitrogens with one attached hydrogen (secondary N) is 1. The molecule has 0 aromatic heterocycles. The third-order valence-corrected chi connectivity index (χ3v) is 2.62.